The number of carbonyl (C=O) groups excluding carboxylic acids is 1. The van der Waals surface area contributed by atoms with Crippen LogP contribution in [0.4, 0.5) is 5.82 Å². The number of fused-ring (bicyclic) bond motifs is 1. The highest BCUT2D eigenvalue weighted by atomic mass is 32.2. The number of hydrogen-bond acceptors (Lipinski definition) is 8. The highest BCUT2D eigenvalue weighted by molar-refractivity contribution is 7.89. The van der Waals surface area contributed by atoms with Gasteiger partial charge in [0.05, 0.1) is 11.5 Å². The Hall–Kier alpha value is -3.05. The number of piperazine rings is 1. The fourth-order valence-corrected chi connectivity index (χ4v) is 5.64. The average molecular weight is 473 g/mol. The van der Waals surface area contributed by atoms with Crippen molar-refractivity contribution in [3.63, 3.8) is 0 Å². The van der Waals surface area contributed by atoms with Crippen molar-refractivity contribution in [3.8, 4) is 0 Å². The molecule has 33 heavy (non-hydrogen) atoms. The number of hydrogen-bond donors (Lipinski definition) is 0. The zero-order valence-corrected chi connectivity index (χ0v) is 19.9. The van der Waals surface area contributed by atoms with Gasteiger partial charge in [-0.15, -0.1) is 0 Å². The summed E-state index contributed by atoms with van der Waals surface area (Å²) in [5.41, 5.74) is 2.56. The molecule has 0 bridgehead atoms. The van der Waals surface area contributed by atoms with Gasteiger partial charge in [0, 0.05) is 43.9 Å². The molecule has 1 aromatic carbocycles. The molecule has 0 unspecified atom stereocenters. The normalized spacial score (nSPS) is 15.2. The molecule has 0 aliphatic carbocycles. The summed E-state index contributed by atoms with van der Waals surface area (Å²) in [6, 6.07) is 6.97. The van der Waals surface area contributed by atoms with E-state index in [1.165, 1.54) is 10.6 Å². The Bertz CT molecular complexity index is 1270. The Labute approximate surface area is 193 Å². The molecule has 1 saturated heterocycles. The summed E-state index contributed by atoms with van der Waals surface area (Å²) >= 11 is 0. The van der Waals surface area contributed by atoms with Crippen LogP contribution in [0.5, 0.6) is 0 Å². The van der Waals surface area contributed by atoms with E-state index in [9.17, 15) is 13.2 Å². The number of esters is 1. The fraction of sp³-hybridized carbons (Fsp3) is 0.455. The molecule has 176 valence electrons. The molecule has 4 rings (SSSR count). The van der Waals surface area contributed by atoms with Crippen LogP contribution in [-0.2, 0) is 26.0 Å². The third-order valence-corrected chi connectivity index (χ3v) is 7.65. The van der Waals surface area contributed by atoms with Crippen molar-refractivity contribution in [1.82, 2.24) is 23.9 Å². The molecule has 1 fully saturated rings. The quantitative estimate of drug-likeness (QED) is 0.479. The SMILES string of the molecule is CCOC(=O)CCc1c(C)nc2ncnn2c1N1CCN(S(=O)(=O)c2cccc(C)c2)CC1. The van der Waals surface area contributed by atoms with Crippen molar-refractivity contribution < 1.29 is 17.9 Å². The van der Waals surface area contributed by atoms with Gasteiger partial charge in [-0.3, -0.25) is 4.79 Å². The zero-order chi connectivity index (χ0) is 23.6. The molecule has 3 heterocycles. The molecule has 3 aromatic rings. The molecule has 0 spiro atoms. The first-order valence-electron chi connectivity index (χ1n) is 11.0. The van der Waals surface area contributed by atoms with Gasteiger partial charge < -0.3 is 9.64 Å². The van der Waals surface area contributed by atoms with E-state index in [1.807, 2.05) is 19.9 Å². The van der Waals surface area contributed by atoms with E-state index in [0.29, 0.717) is 49.9 Å². The second-order valence-electron chi connectivity index (χ2n) is 7.98. The van der Waals surface area contributed by atoms with E-state index in [1.54, 1.807) is 29.6 Å². The smallest absolute Gasteiger partial charge is 0.306 e. The van der Waals surface area contributed by atoms with Gasteiger partial charge in [0.1, 0.15) is 12.1 Å². The summed E-state index contributed by atoms with van der Waals surface area (Å²) in [5.74, 6) is 1.000. The maximum absolute atomic E-state index is 13.1. The predicted octanol–water partition coefficient (Wildman–Crippen LogP) is 1.75. The molecule has 0 amide bonds. The topological polar surface area (TPSA) is 110 Å². The molecule has 0 radical (unpaired) electrons. The van der Waals surface area contributed by atoms with Gasteiger partial charge in [-0.05, 0) is 44.9 Å². The van der Waals surface area contributed by atoms with Crippen molar-refractivity contribution in [1.29, 1.82) is 0 Å². The van der Waals surface area contributed by atoms with Crippen LogP contribution < -0.4 is 4.90 Å². The molecule has 0 saturated carbocycles. The maximum atomic E-state index is 13.1. The van der Waals surface area contributed by atoms with Crippen LogP contribution in [-0.4, -0.2) is 71.1 Å². The van der Waals surface area contributed by atoms with E-state index in [2.05, 4.69) is 20.0 Å². The molecule has 1 aliphatic rings. The van der Waals surface area contributed by atoms with Crippen LogP contribution in [0.25, 0.3) is 5.78 Å². The summed E-state index contributed by atoms with van der Waals surface area (Å²) in [6.07, 6.45) is 2.12. The van der Waals surface area contributed by atoms with Crippen LogP contribution in [0.2, 0.25) is 0 Å². The Balaban J connectivity index is 1.59. The maximum Gasteiger partial charge on any atom is 0.306 e. The summed E-state index contributed by atoms with van der Waals surface area (Å²) in [6.45, 7) is 7.52. The summed E-state index contributed by atoms with van der Waals surface area (Å²) in [7, 11) is -3.57. The largest absolute Gasteiger partial charge is 0.466 e. The number of aromatic nitrogens is 4. The molecule has 2 aromatic heterocycles. The second kappa shape index (κ2) is 9.44. The van der Waals surface area contributed by atoms with E-state index in [0.717, 1.165) is 22.6 Å². The van der Waals surface area contributed by atoms with Crippen molar-refractivity contribution in [2.24, 2.45) is 0 Å². The highest BCUT2D eigenvalue weighted by Crippen LogP contribution is 2.27. The van der Waals surface area contributed by atoms with Crippen molar-refractivity contribution in [3.05, 3.63) is 47.4 Å². The van der Waals surface area contributed by atoms with Gasteiger partial charge in [0.15, 0.2) is 0 Å². The summed E-state index contributed by atoms with van der Waals surface area (Å²) in [4.78, 5) is 23.1. The fourth-order valence-electron chi connectivity index (χ4n) is 4.11. The van der Waals surface area contributed by atoms with Crippen molar-refractivity contribution in [2.45, 2.75) is 38.5 Å². The van der Waals surface area contributed by atoms with Crippen LogP contribution >= 0.6 is 0 Å². The van der Waals surface area contributed by atoms with E-state index in [4.69, 9.17) is 4.74 Å². The molecule has 1 aliphatic heterocycles. The first kappa shape index (κ1) is 23.1. The number of anilines is 1. The summed E-state index contributed by atoms with van der Waals surface area (Å²) in [5, 5.41) is 4.34. The molecule has 0 atom stereocenters. The first-order chi connectivity index (χ1) is 15.8. The van der Waals surface area contributed by atoms with Crippen LogP contribution in [0.3, 0.4) is 0 Å². The second-order valence-corrected chi connectivity index (χ2v) is 9.92. The molecule has 11 heteroatoms. The van der Waals surface area contributed by atoms with E-state index >= 15 is 0 Å². The molecule has 0 N–H and O–H groups in total. The number of sulfonamides is 1. The lowest BCUT2D eigenvalue weighted by atomic mass is 10.1. The highest BCUT2D eigenvalue weighted by Gasteiger charge is 2.31. The lowest BCUT2D eigenvalue weighted by Crippen LogP contribution is -2.49. The van der Waals surface area contributed by atoms with Crippen LogP contribution in [0.1, 0.15) is 30.2 Å². The number of nitrogens with zero attached hydrogens (tertiary/aromatic N) is 6. The number of ether oxygens (including phenoxy) is 1. The van der Waals surface area contributed by atoms with Gasteiger partial charge in [0.25, 0.3) is 5.78 Å². The number of aryl methyl sites for hydroxylation is 2. The van der Waals surface area contributed by atoms with Crippen molar-refractivity contribution >= 4 is 27.6 Å². The third-order valence-electron chi connectivity index (χ3n) is 5.75. The van der Waals surface area contributed by atoms with Gasteiger partial charge >= 0.3 is 5.97 Å². The third kappa shape index (κ3) is 4.69. The van der Waals surface area contributed by atoms with Gasteiger partial charge in [-0.2, -0.15) is 18.9 Å². The molecular formula is C22H28N6O4S. The minimum Gasteiger partial charge on any atom is -0.466 e. The van der Waals surface area contributed by atoms with Crippen molar-refractivity contribution in [2.75, 3.05) is 37.7 Å². The Morgan fingerprint density at radius 1 is 1.15 bits per heavy atom. The lowest BCUT2D eigenvalue weighted by molar-refractivity contribution is -0.143. The van der Waals surface area contributed by atoms with Crippen LogP contribution in [0, 0.1) is 13.8 Å². The monoisotopic (exact) mass is 472 g/mol. The average Bonchev–Trinajstić information content (AvgIpc) is 3.25. The number of carbonyl (C=O) groups is 1. The predicted molar refractivity (Wildman–Crippen MR) is 123 cm³/mol. The number of benzene rings is 1. The summed E-state index contributed by atoms with van der Waals surface area (Å²) < 4.78 is 34.5. The minimum atomic E-state index is -3.57. The Morgan fingerprint density at radius 3 is 2.61 bits per heavy atom. The van der Waals surface area contributed by atoms with Gasteiger partial charge in [-0.25, -0.2) is 13.4 Å². The Kier molecular flexibility index (Phi) is 6.61. The van der Waals surface area contributed by atoms with E-state index in [-0.39, 0.29) is 12.4 Å². The standard InChI is InChI=1S/C22H28N6O4S/c1-4-32-20(29)9-8-19-17(3)25-22-23-15-24-28(22)21(19)26-10-12-27(13-11-26)33(30,31)18-7-5-6-16(2)14-18/h5-7,14-15H,4,8-13H2,1-3H3. The Morgan fingerprint density at radius 2 is 1.91 bits per heavy atom. The van der Waals surface area contributed by atoms with Gasteiger partial charge in [0.2, 0.25) is 10.0 Å². The molecule has 10 nitrogen and oxygen atoms in total. The molecular weight excluding hydrogens is 444 g/mol. The first-order valence-corrected chi connectivity index (χ1v) is 12.4. The van der Waals surface area contributed by atoms with E-state index < -0.39 is 10.0 Å². The minimum absolute atomic E-state index is 0.227. The zero-order valence-electron chi connectivity index (χ0n) is 19.1. The van der Waals surface area contributed by atoms with Gasteiger partial charge in [-0.1, -0.05) is 12.1 Å². The lowest BCUT2D eigenvalue weighted by Gasteiger charge is -2.36. The van der Waals surface area contributed by atoms with Crippen LogP contribution in [0.15, 0.2) is 35.5 Å². The number of rotatable bonds is 7.